The standard InChI is InChI=1S/C32H34N2O/c1-24(32(35)29-17-15-28(16-18-29)26-9-5-4-6-10-26)31(23-34(3)20-19-33-2)22-25-13-14-27-11-7-8-12-30(27)21-25/h4-18,21,31,33H,1,19-20,22-23H2,2-3H3/t31-/m0/s1. The van der Waals surface area contributed by atoms with Crippen LogP contribution >= 0.6 is 0 Å². The Bertz CT molecular complexity index is 1280. The molecule has 0 amide bonds. The minimum Gasteiger partial charge on any atom is -0.318 e. The molecule has 0 radical (unpaired) electrons. The number of nitrogens with zero attached hydrogens (tertiary/aromatic N) is 1. The fourth-order valence-electron chi connectivity index (χ4n) is 4.53. The van der Waals surface area contributed by atoms with E-state index < -0.39 is 0 Å². The number of carbonyl (C=O) groups excluding carboxylic acids is 1. The van der Waals surface area contributed by atoms with Crippen LogP contribution in [0.1, 0.15) is 15.9 Å². The topological polar surface area (TPSA) is 32.3 Å². The first-order chi connectivity index (χ1) is 17.0. The average molecular weight is 463 g/mol. The molecule has 0 unspecified atom stereocenters. The molecular weight excluding hydrogens is 428 g/mol. The van der Waals surface area contributed by atoms with Crippen LogP contribution in [0.2, 0.25) is 0 Å². The second kappa shape index (κ2) is 11.7. The summed E-state index contributed by atoms with van der Waals surface area (Å²) in [4.78, 5) is 15.8. The second-order valence-electron chi connectivity index (χ2n) is 9.25. The molecule has 0 spiro atoms. The van der Waals surface area contributed by atoms with Crippen LogP contribution in [-0.2, 0) is 6.42 Å². The van der Waals surface area contributed by atoms with Crippen molar-refractivity contribution in [3.63, 3.8) is 0 Å². The Morgan fingerprint density at radius 3 is 2.23 bits per heavy atom. The van der Waals surface area contributed by atoms with E-state index in [1.165, 1.54) is 16.3 Å². The third kappa shape index (κ3) is 6.33. The van der Waals surface area contributed by atoms with Crippen LogP contribution in [0.4, 0.5) is 0 Å². The van der Waals surface area contributed by atoms with Crippen molar-refractivity contribution in [2.45, 2.75) is 6.42 Å². The molecule has 3 nitrogen and oxygen atoms in total. The third-order valence-corrected chi connectivity index (χ3v) is 6.61. The fraction of sp³-hybridized carbons (Fsp3) is 0.219. The molecule has 1 atom stereocenters. The largest absolute Gasteiger partial charge is 0.318 e. The molecule has 0 aliphatic carbocycles. The number of hydrogen-bond donors (Lipinski definition) is 1. The van der Waals surface area contributed by atoms with Crippen molar-refractivity contribution in [1.29, 1.82) is 0 Å². The van der Waals surface area contributed by atoms with Crippen LogP contribution < -0.4 is 5.32 Å². The zero-order chi connectivity index (χ0) is 24.6. The van der Waals surface area contributed by atoms with Gasteiger partial charge < -0.3 is 10.2 Å². The molecule has 3 heteroatoms. The highest BCUT2D eigenvalue weighted by atomic mass is 16.1. The Morgan fingerprint density at radius 1 is 0.857 bits per heavy atom. The molecule has 0 aliphatic rings. The first kappa shape index (κ1) is 24.6. The van der Waals surface area contributed by atoms with E-state index >= 15 is 0 Å². The molecule has 178 valence electrons. The molecule has 0 heterocycles. The number of likely N-dealkylation sites (N-methyl/N-ethyl adjacent to an activating group) is 2. The van der Waals surface area contributed by atoms with Gasteiger partial charge in [0, 0.05) is 31.1 Å². The summed E-state index contributed by atoms with van der Waals surface area (Å²) in [6.07, 6.45) is 0.779. The van der Waals surface area contributed by atoms with Gasteiger partial charge >= 0.3 is 0 Å². The predicted octanol–water partition coefficient (Wildman–Crippen LogP) is 6.26. The van der Waals surface area contributed by atoms with Crippen LogP contribution in [0.15, 0.2) is 109 Å². The van der Waals surface area contributed by atoms with Gasteiger partial charge in [-0.15, -0.1) is 0 Å². The maximum Gasteiger partial charge on any atom is 0.188 e. The number of carbonyl (C=O) groups is 1. The molecule has 0 aromatic heterocycles. The van der Waals surface area contributed by atoms with E-state index in [4.69, 9.17) is 0 Å². The Morgan fingerprint density at radius 2 is 1.51 bits per heavy atom. The molecule has 0 fully saturated rings. The molecule has 0 saturated carbocycles. The summed E-state index contributed by atoms with van der Waals surface area (Å²) in [5.41, 5.74) is 4.83. The number of benzene rings is 4. The van der Waals surface area contributed by atoms with Crippen LogP contribution in [0.3, 0.4) is 0 Å². The first-order valence-corrected chi connectivity index (χ1v) is 12.2. The summed E-state index contributed by atoms with van der Waals surface area (Å²) < 4.78 is 0. The van der Waals surface area contributed by atoms with E-state index in [9.17, 15) is 4.79 Å². The first-order valence-electron chi connectivity index (χ1n) is 12.2. The minimum absolute atomic E-state index is 0.0254. The van der Waals surface area contributed by atoms with Crippen LogP contribution in [0.5, 0.6) is 0 Å². The molecule has 0 bridgehead atoms. The number of ketones is 1. The van der Waals surface area contributed by atoms with Gasteiger partial charge in [0.2, 0.25) is 0 Å². The van der Waals surface area contributed by atoms with Crippen molar-refractivity contribution in [3.8, 4) is 11.1 Å². The summed E-state index contributed by atoms with van der Waals surface area (Å²) in [6.45, 7) is 6.91. The highest BCUT2D eigenvalue weighted by molar-refractivity contribution is 6.08. The van der Waals surface area contributed by atoms with Crippen LogP contribution in [0.25, 0.3) is 21.9 Å². The average Bonchev–Trinajstić information content (AvgIpc) is 2.91. The quantitative estimate of drug-likeness (QED) is 0.211. The monoisotopic (exact) mass is 462 g/mol. The summed E-state index contributed by atoms with van der Waals surface area (Å²) in [5, 5.41) is 5.66. The lowest BCUT2D eigenvalue weighted by molar-refractivity contribution is 0.101. The molecule has 0 saturated heterocycles. The van der Waals surface area contributed by atoms with Crippen molar-refractivity contribution in [2.24, 2.45) is 5.92 Å². The lowest BCUT2D eigenvalue weighted by Gasteiger charge is -2.25. The number of fused-ring (bicyclic) bond motifs is 1. The smallest absolute Gasteiger partial charge is 0.188 e. The summed E-state index contributed by atoms with van der Waals surface area (Å²) in [5.74, 6) is 0.0525. The summed E-state index contributed by atoms with van der Waals surface area (Å²) in [6, 6.07) is 33.1. The Balaban J connectivity index is 1.55. The van der Waals surface area contributed by atoms with Crippen molar-refractivity contribution >= 4 is 16.6 Å². The third-order valence-electron chi connectivity index (χ3n) is 6.61. The molecule has 4 aromatic carbocycles. The van der Waals surface area contributed by atoms with E-state index in [0.29, 0.717) is 11.1 Å². The SMILES string of the molecule is C=C(C(=O)c1ccc(-c2ccccc2)cc1)[C@@H](Cc1ccc2ccccc2c1)CN(C)CCNC. The van der Waals surface area contributed by atoms with E-state index in [1.807, 2.05) is 49.5 Å². The zero-order valence-corrected chi connectivity index (χ0v) is 20.7. The molecule has 35 heavy (non-hydrogen) atoms. The van der Waals surface area contributed by atoms with Gasteiger partial charge in [0.15, 0.2) is 5.78 Å². The summed E-state index contributed by atoms with van der Waals surface area (Å²) >= 11 is 0. The molecular formula is C32H34N2O. The van der Waals surface area contributed by atoms with Gasteiger partial charge in [0.05, 0.1) is 0 Å². The molecule has 4 aromatic rings. The van der Waals surface area contributed by atoms with E-state index in [1.54, 1.807) is 0 Å². The van der Waals surface area contributed by atoms with Crippen molar-refractivity contribution in [3.05, 3.63) is 120 Å². The van der Waals surface area contributed by atoms with E-state index in [0.717, 1.165) is 37.2 Å². The van der Waals surface area contributed by atoms with E-state index in [-0.39, 0.29) is 11.7 Å². The van der Waals surface area contributed by atoms with Gasteiger partial charge in [-0.25, -0.2) is 0 Å². The van der Waals surface area contributed by atoms with Gasteiger partial charge in [-0.05, 0) is 53.6 Å². The van der Waals surface area contributed by atoms with Gasteiger partial charge in [0.25, 0.3) is 0 Å². The van der Waals surface area contributed by atoms with Crippen molar-refractivity contribution in [1.82, 2.24) is 10.2 Å². The lowest BCUT2D eigenvalue weighted by atomic mass is 9.86. The maximum absolute atomic E-state index is 13.5. The number of rotatable bonds is 11. The maximum atomic E-state index is 13.5. The van der Waals surface area contributed by atoms with Crippen molar-refractivity contribution < 1.29 is 4.79 Å². The zero-order valence-electron chi connectivity index (χ0n) is 20.7. The van der Waals surface area contributed by atoms with E-state index in [2.05, 4.69) is 78.4 Å². The number of hydrogen-bond acceptors (Lipinski definition) is 3. The van der Waals surface area contributed by atoms with Crippen LogP contribution in [0, 0.1) is 5.92 Å². The highest BCUT2D eigenvalue weighted by Crippen LogP contribution is 2.25. The molecule has 0 aliphatic heterocycles. The minimum atomic E-state index is 0.0254. The van der Waals surface area contributed by atoms with Gasteiger partial charge in [-0.2, -0.15) is 0 Å². The predicted molar refractivity (Wildman–Crippen MR) is 148 cm³/mol. The molecule has 4 rings (SSSR count). The number of nitrogens with one attached hydrogen (secondary N) is 1. The Hall–Kier alpha value is -3.53. The number of Topliss-reactive ketones (excluding diaryl/α,β-unsaturated/α-hetero) is 1. The van der Waals surface area contributed by atoms with Gasteiger partial charge in [-0.3, -0.25) is 4.79 Å². The second-order valence-corrected chi connectivity index (χ2v) is 9.25. The Kier molecular flexibility index (Phi) is 8.25. The lowest BCUT2D eigenvalue weighted by Crippen LogP contribution is -2.34. The fourth-order valence-corrected chi connectivity index (χ4v) is 4.53. The van der Waals surface area contributed by atoms with Crippen LogP contribution in [-0.4, -0.2) is 44.4 Å². The molecule has 1 N–H and O–H groups in total. The van der Waals surface area contributed by atoms with Crippen molar-refractivity contribution in [2.75, 3.05) is 33.7 Å². The summed E-state index contributed by atoms with van der Waals surface area (Å²) in [7, 11) is 4.07. The normalized spacial score (nSPS) is 12.1. The highest BCUT2D eigenvalue weighted by Gasteiger charge is 2.22. The van der Waals surface area contributed by atoms with Gasteiger partial charge in [0.1, 0.15) is 0 Å². The van der Waals surface area contributed by atoms with Gasteiger partial charge in [-0.1, -0.05) is 104 Å². The Labute approximate surface area is 209 Å².